The predicted octanol–water partition coefficient (Wildman–Crippen LogP) is 3.10. The van der Waals surface area contributed by atoms with Crippen molar-refractivity contribution in [2.75, 3.05) is 6.54 Å². The van der Waals surface area contributed by atoms with Crippen molar-refractivity contribution < 1.29 is 9.13 Å². The zero-order chi connectivity index (χ0) is 20.6. The molecule has 0 saturated heterocycles. The van der Waals surface area contributed by atoms with Crippen molar-refractivity contribution >= 4 is 5.96 Å². The van der Waals surface area contributed by atoms with Gasteiger partial charge in [-0.15, -0.1) is 10.2 Å². The van der Waals surface area contributed by atoms with Crippen LogP contribution >= 0.6 is 0 Å². The molecule has 0 amide bonds. The molecule has 1 aromatic heterocycles. The number of nitrogens with one attached hydrogen (secondary N) is 2. The molecule has 1 aliphatic carbocycles. The molecule has 1 atom stereocenters. The zero-order valence-electron chi connectivity index (χ0n) is 17.5. The molecule has 8 heteroatoms. The van der Waals surface area contributed by atoms with Gasteiger partial charge in [0.15, 0.2) is 11.8 Å². The van der Waals surface area contributed by atoms with Gasteiger partial charge in [-0.2, -0.15) is 0 Å². The molecular formula is C21H31FN6O. The van der Waals surface area contributed by atoms with E-state index in [4.69, 9.17) is 9.73 Å². The molecule has 1 unspecified atom stereocenters. The zero-order valence-corrected chi connectivity index (χ0v) is 17.5. The highest BCUT2D eigenvalue weighted by Gasteiger charge is 2.16. The van der Waals surface area contributed by atoms with Crippen molar-refractivity contribution in [1.82, 2.24) is 25.4 Å². The van der Waals surface area contributed by atoms with Crippen LogP contribution in [-0.2, 0) is 13.6 Å². The third kappa shape index (κ3) is 6.44. The number of ether oxygens (including phenoxy) is 1. The first-order valence-corrected chi connectivity index (χ1v) is 10.3. The summed E-state index contributed by atoms with van der Waals surface area (Å²) in [6, 6.07) is 6.62. The lowest BCUT2D eigenvalue weighted by molar-refractivity contribution is 0.222. The number of halogens is 1. The maximum Gasteiger partial charge on any atom is 0.192 e. The average molecular weight is 403 g/mol. The summed E-state index contributed by atoms with van der Waals surface area (Å²) in [6.07, 6.45) is 5.94. The number of benzene rings is 1. The normalized spacial score (nSPS) is 16.5. The van der Waals surface area contributed by atoms with Crippen LogP contribution < -0.4 is 15.4 Å². The van der Waals surface area contributed by atoms with Gasteiger partial charge < -0.3 is 19.9 Å². The van der Waals surface area contributed by atoms with Crippen molar-refractivity contribution in [2.45, 2.75) is 64.6 Å². The monoisotopic (exact) mass is 402 g/mol. The lowest BCUT2D eigenvalue weighted by Crippen LogP contribution is -2.46. The Balaban J connectivity index is 1.60. The summed E-state index contributed by atoms with van der Waals surface area (Å²) in [6.45, 7) is 4.86. The molecule has 2 N–H and O–H groups in total. The second-order valence-electron chi connectivity index (χ2n) is 7.63. The Labute approximate surface area is 171 Å². The molecule has 1 saturated carbocycles. The quantitative estimate of drug-likeness (QED) is 0.550. The van der Waals surface area contributed by atoms with Gasteiger partial charge >= 0.3 is 0 Å². The number of aliphatic imine (C=N–C) groups is 1. The summed E-state index contributed by atoms with van der Waals surface area (Å²) in [5, 5.41) is 15.2. The van der Waals surface area contributed by atoms with E-state index in [1.165, 1.54) is 31.4 Å². The number of nitrogens with zero attached hydrogens (tertiary/aromatic N) is 4. The first-order chi connectivity index (χ1) is 14.0. The third-order valence-electron chi connectivity index (χ3n) is 5.20. The number of hydrogen-bond acceptors (Lipinski definition) is 4. The minimum absolute atomic E-state index is 0.146. The number of aromatic nitrogens is 3. The molecule has 158 valence electrons. The Hall–Kier alpha value is -2.64. The molecule has 0 bridgehead atoms. The second kappa shape index (κ2) is 10.2. The molecule has 2 aromatic rings. The fourth-order valence-electron chi connectivity index (χ4n) is 3.39. The van der Waals surface area contributed by atoms with Crippen molar-refractivity contribution in [2.24, 2.45) is 12.0 Å². The Morgan fingerprint density at radius 3 is 2.79 bits per heavy atom. The third-order valence-corrected chi connectivity index (χ3v) is 5.20. The summed E-state index contributed by atoms with van der Waals surface area (Å²) in [5.74, 6) is 2.64. The van der Waals surface area contributed by atoms with E-state index in [-0.39, 0.29) is 11.9 Å². The molecule has 1 heterocycles. The number of guanidine groups is 1. The van der Waals surface area contributed by atoms with Gasteiger partial charge in [0, 0.05) is 19.2 Å². The summed E-state index contributed by atoms with van der Waals surface area (Å²) in [4.78, 5) is 4.71. The number of hydrogen-bond donors (Lipinski definition) is 2. The van der Waals surface area contributed by atoms with Crippen molar-refractivity contribution in [1.29, 1.82) is 0 Å². The molecule has 0 spiro atoms. The molecule has 3 rings (SSSR count). The molecule has 1 aromatic carbocycles. The minimum Gasteiger partial charge on any atom is -0.489 e. The lowest BCUT2D eigenvalue weighted by Gasteiger charge is -2.26. The SMILES string of the molecule is Cc1nnc(CN=C(NCC(C)Oc2cccc(F)c2)NC2CCCCC2)n1C. The van der Waals surface area contributed by atoms with Gasteiger partial charge in [-0.25, -0.2) is 9.38 Å². The largest absolute Gasteiger partial charge is 0.489 e. The van der Waals surface area contributed by atoms with Crippen molar-refractivity contribution in [3.63, 3.8) is 0 Å². The molecule has 7 nitrogen and oxygen atoms in total. The highest BCUT2D eigenvalue weighted by atomic mass is 19.1. The van der Waals surface area contributed by atoms with E-state index in [1.807, 2.05) is 25.5 Å². The predicted molar refractivity (Wildman–Crippen MR) is 111 cm³/mol. The van der Waals surface area contributed by atoms with Crippen LogP contribution in [0, 0.1) is 12.7 Å². The van der Waals surface area contributed by atoms with E-state index in [0.29, 0.717) is 24.9 Å². The first-order valence-electron chi connectivity index (χ1n) is 10.3. The highest BCUT2D eigenvalue weighted by molar-refractivity contribution is 5.80. The highest BCUT2D eigenvalue weighted by Crippen LogP contribution is 2.17. The smallest absolute Gasteiger partial charge is 0.192 e. The van der Waals surface area contributed by atoms with Gasteiger partial charge in [0.2, 0.25) is 0 Å². The molecular weight excluding hydrogens is 371 g/mol. The first kappa shape index (κ1) is 21.1. The lowest BCUT2D eigenvalue weighted by atomic mass is 9.96. The maximum absolute atomic E-state index is 13.4. The maximum atomic E-state index is 13.4. The van der Waals surface area contributed by atoms with Gasteiger partial charge in [-0.05, 0) is 38.8 Å². The second-order valence-corrected chi connectivity index (χ2v) is 7.63. The molecule has 0 radical (unpaired) electrons. The van der Waals surface area contributed by atoms with Gasteiger partial charge in [0.25, 0.3) is 0 Å². The van der Waals surface area contributed by atoms with Gasteiger partial charge in [-0.1, -0.05) is 25.3 Å². The average Bonchev–Trinajstić information content (AvgIpc) is 3.03. The molecule has 1 aliphatic rings. The fourth-order valence-corrected chi connectivity index (χ4v) is 3.39. The van der Waals surface area contributed by atoms with Crippen LogP contribution in [0.2, 0.25) is 0 Å². The Bertz CT molecular complexity index is 815. The summed E-state index contributed by atoms with van der Waals surface area (Å²) < 4.78 is 21.1. The van der Waals surface area contributed by atoms with E-state index in [1.54, 1.807) is 12.1 Å². The van der Waals surface area contributed by atoms with Gasteiger partial charge in [-0.3, -0.25) is 0 Å². The van der Waals surface area contributed by atoms with E-state index in [9.17, 15) is 4.39 Å². The number of rotatable bonds is 7. The van der Waals surface area contributed by atoms with Crippen LogP contribution in [0.4, 0.5) is 4.39 Å². The van der Waals surface area contributed by atoms with Gasteiger partial charge in [0.05, 0.1) is 6.54 Å². The summed E-state index contributed by atoms with van der Waals surface area (Å²) in [5.41, 5.74) is 0. The standard InChI is InChI=1S/C21H31FN6O/c1-15(29-19-11-7-8-17(22)12-19)13-23-21(25-18-9-5-4-6-10-18)24-14-20-27-26-16(2)28(20)3/h7-8,11-12,15,18H,4-6,9-10,13-14H2,1-3H3,(H2,23,24,25). The van der Waals surface area contributed by atoms with Crippen LogP contribution in [0.15, 0.2) is 29.3 Å². The van der Waals surface area contributed by atoms with Crippen LogP contribution in [0.3, 0.4) is 0 Å². The fraction of sp³-hybridized carbons (Fsp3) is 0.571. The number of aryl methyl sites for hydroxylation is 1. The Morgan fingerprint density at radius 1 is 1.31 bits per heavy atom. The molecule has 1 fully saturated rings. The van der Waals surface area contributed by atoms with Gasteiger partial charge in [0.1, 0.15) is 30.0 Å². The van der Waals surface area contributed by atoms with Crippen LogP contribution in [-0.4, -0.2) is 39.4 Å². The van der Waals surface area contributed by atoms with E-state index in [0.717, 1.165) is 30.5 Å². The van der Waals surface area contributed by atoms with E-state index in [2.05, 4.69) is 20.8 Å². The topological polar surface area (TPSA) is 76.4 Å². The Kier molecular flexibility index (Phi) is 7.43. The minimum atomic E-state index is -0.303. The molecule has 29 heavy (non-hydrogen) atoms. The van der Waals surface area contributed by atoms with Crippen molar-refractivity contribution in [3.8, 4) is 5.75 Å². The summed E-state index contributed by atoms with van der Waals surface area (Å²) >= 11 is 0. The van der Waals surface area contributed by atoms with E-state index < -0.39 is 0 Å². The Morgan fingerprint density at radius 2 is 2.10 bits per heavy atom. The van der Waals surface area contributed by atoms with E-state index >= 15 is 0 Å². The summed E-state index contributed by atoms with van der Waals surface area (Å²) in [7, 11) is 1.94. The van der Waals surface area contributed by atoms with Crippen LogP contribution in [0.1, 0.15) is 50.7 Å². The molecule has 0 aliphatic heterocycles. The van der Waals surface area contributed by atoms with Crippen LogP contribution in [0.5, 0.6) is 5.75 Å². The van der Waals surface area contributed by atoms with Crippen molar-refractivity contribution in [3.05, 3.63) is 41.7 Å². The van der Waals surface area contributed by atoms with Crippen LogP contribution in [0.25, 0.3) is 0 Å².